The summed E-state index contributed by atoms with van der Waals surface area (Å²) in [6.45, 7) is 0. The van der Waals surface area contributed by atoms with Gasteiger partial charge in [0.25, 0.3) is 0 Å². The quantitative estimate of drug-likeness (QED) is 0.421. The van der Waals surface area contributed by atoms with E-state index in [0.29, 0.717) is 5.69 Å². The number of carbonyl (C=O) groups is 3. The van der Waals surface area contributed by atoms with Crippen LogP contribution in [0, 0.1) is 0 Å². The number of aliphatic carboxylic acids is 1. The molecule has 1 fully saturated rings. The van der Waals surface area contributed by atoms with E-state index in [2.05, 4.69) is 12.1 Å². The molecule has 0 spiro atoms. The highest BCUT2D eigenvalue weighted by Crippen LogP contribution is 2.41. The van der Waals surface area contributed by atoms with Gasteiger partial charge in [-0.05, 0) is 33.0 Å². The summed E-state index contributed by atoms with van der Waals surface area (Å²) in [5.41, 5.74) is 0.574. The molecule has 0 saturated carbocycles. The number of carbonyl (C=O) groups excluding carboxylic acids is 2. The summed E-state index contributed by atoms with van der Waals surface area (Å²) in [4.78, 5) is 37.8. The number of nitrogens with zero attached hydrogens (tertiary/aromatic N) is 1. The van der Waals surface area contributed by atoms with Crippen molar-refractivity contribution in [2.75, 3.05) is 10.7 Å². The normalized spacial score (nSPS) is 17.4. The van der Waals surface area contributed by atoms with E-state index >= 15 is 0 Å². The summed E-state index contributed by atoms with van der Waals surface area (Å²) >= 11 is 1.01. The van der Waals surface area contributed by atoms with Gasteiger partial charge in [0.1, 0.15) is 0 Å². The van der Waals surface area contributed by atoms with E-state index < -0.39 is 11.2 Å². The molecule has 4 aromatic carbocycles. The zero-order chi connectivity index (χ0) is 19.4. The second-order valence-corrected chi connectivity index (χ2v) is 8.10. The molecule has 0 aromatic heterocycles. The van der Waals surface area contributed by atoms with Crippen molar-refractivity contribution in [2.24, 2.45) is 0 Å². The zero-order valence-corrected chi connectivity index (χ0v) is 15.5. The Balaban J connectivity index is 1.72. The average molecular weight is 389 g/mol. The van der Waals surface area contributed by atoms with Crippen molar-refractivity contribution in [2.45, 2.75) is 11.7 Å². The van der Waals surface area contributed by atoms with Gasteiger partial charge >= 0.3 is 5.97 Å². The van der Waals surface area contributed by atoms with Gasteiger partial charge in [-0.15, -0.1) is 11.8 Å². The zero-order valence-electron chi connectivity index (χ0n) is 14.7. The number of imide groups is 1. The Morgan fingerprint density at radius 2 is 1.68 bits per heavy atom. The second kappa shape index (κ2) is 6.21. The summed E-state index contributed by atoms with van der Waals surface area (Å²) < 4.78 is 0. The lowest BCUT2D eigenvalue weighted by Gasteiger charge is -2.20. The van der Waals surface area contributed by atoms with E-state index in [-0.39, 0.29) is 24.0 Å². The maximum absolute atomic E-state index is 13.0. The molecule has 1 atom stereocenters. The van der Waals surface area contributed by atoms with Crippen LogP contribution >= 0.6 is 11.8 Å². The summed E-state index contributed by atoms with van der Waals surface area (Å²) in [5.74, 6) is -1.83. The van der Waals surface area contributed by atoms with Gasteiger partial charge in [-0.1, -0.05) is 48.5 Å². The lowest BCUT2D eigenvalue weighted by Crippen LogP contribution is -2.31. The molecule has 0 radical (unpaired) electrons. The molecule has 6 heteroatoms. The smallest absolute Gasteiger partial charge is 0.313 e. The molecule has 1 aliphatic rings. The van der Waals surface area contributed by atoms with Crippen LogP contribution in [0.2, 0.25) is 0 Å². The fraction of sp³-hybridized carbons (Fsp3) is 0.136. The lowest BCUT2D eigenvalue weighted by molar-refractivity contribution is -0.134. The molecular formula is C22H15NO4S. The van der Waals surface area contributed by atoms with Crippen LogP contribution in [0.1, 0.15) is 6.42 Å². The van der Waals surface area contributed by atoms with Crippen LogP contribution in [-0.2, 0) is 14.4 Å². The molecule has 1 N–H and O–H groups in total. The van der Waals surface area contributed by atoms with E-state index in [1.165, 1.54) is 4.90 Å². The Hall–Kier alpha value is -3.12. The van der Waals surface area contributed by atoms with Crippen molar-refractivity contribution in [3.8, 4) is 0 Å². The van der Waals surface area contributed by atoms with Gasteiger partial charge in [0.05, 0.1) is 16.7 Å². The standard InChI is InChI=1S/C22H15NO4S/c24-18-10-17(28-11-19(25)26)22(27)23(18)16-9-14-5-1-3-12-7-8-13-4-2-6-15(16)21(13)20(12)14/h1-9,17H,10-11H2,(H,25,26). The molecule has 138 valence electrons. The maximum atomic E-state index is 13.0. The number of hydrogen-bond donors (Lipinski definition) is 1. The highest BCUT2D eigenvalue weighted by molar-refractivity contribution is 8.01. The fourth-order valence-electron chi connectivity index (χ4n) is 4.09. The number of carboxylic acids is 1. The number of anilines is 1. The SMILES string of the molecule is O=C(O)CSC1CC(=O)N(c2cc3cccc4ccc5cccc2c5c43)C1=O. The van der Waals surface area contributed by atoms with E-state index in [9.17, 15) is 14.4 Å². The molecule has 5 rings (SSSR count). The highest BCUT2D eigenvalue weighted by Gasteiger charge is 2.41. The van der Waals surface area contributed by atoms with E-state index in [0.717, 1.165) is 44.1 Å². The summed E-state index contributed by atoms with van der Waals surface area (Å²) in [5, 5.41) is 14.4. The molecule has 2 amide bonds. The first kappa shape index (κ1) is 17.0. The van der Waals surface area contributed by atoms with E-state index in [1.54, 1.807) is 0 Å². The number of benzene rings is 4. The Morgan fingerprint density at radius 3 is 2.43 bits per heavy atom. The topological polar surface area (TPSA) is 74.7 Å². The second-order valence-electron chi connectivity index (χ2n) is 6.91. The minimum absolute atomic E-state index is 0.0238. The molecule has 1 aliphatic heterocycles. The molecular weight excluding hydrogens is 374 g/mol. The fourth-order valence-corrected chi connectivity index (χ4v) is 4.94. The number of rotatable bonds is 4. The van der Waals surface area contributed by atoms with Crippen LogP contribution in [0.5, 0.6) is 0 Å². The third kappa shape index (κ3) is 2.45. The van der Waals surface area contributed by atoms with Crippen LogP contribution in [0.4, 0.5) is 5.69 Å². The van der Waals surface area contributed by atoms with Gasteiger partial charge in [0.15, 0.2) is 0 Å². The van der Waals surface area contributed by atoms with Crippen molar-refractivity contribution in [1.29, 1.82) is 0 Å². The number of hydrogen-bond acceptors (Lipinski definition) is 4. The number of amides is 2. The van der Waals surface area contributed by atoms with Gasteiger partial charge < -0.3 is 5.11 Å². The third-order valence-electron chi connectivity index (χ3n) is 5.24. The van der Waals surface area contributed by atoms with Crippen molar-refractivity contribution < 1.29 is 19.5 Å². The number of carboxylic acid groups (broad SMARTS) is 1. The van der Waals surface area contributed by atoms with Gasteiger partial charge in [-0.2, -0.15) is 0 Å². The third-order valence-corrected chi connectivity index (χ3v) is 6.42. The molecule has 4 aromatic rings. The van der Waals surface area contributed by atoms with Gasteiger partial charge in [-0.25, -0.2) is 4.90 Å². The van der Waals surface area contributed by atoms with Crippen LogP contribution in [0.25, 0.3) is 32.3 Å². The molecule has 1 unspecified atom stereocenters. The predicted molar refractivity (Wildman–Crippen MR) is 111 cm³/mol. The van der Waals surface area contributed by atoms with Crippen LogP contribution < -0.4 is 4.90 Å². The largest absolute Gasteiger partial charge is 0.481 e. The van der Waals surface area contributed by atoms with E-state index in [4.69, 9.17) is 5.11 Å². The van der Waals surface area contributed by atoms with Gasteiger partial charge in [0, 0.05) is 11.8 Å². The maximum Gasteiger partial charge on any atom is 0.313 e. The monoisotopic (exact) mass is 389 g/mol. The first-order chi connectivity index (χ1) is 13.5. The van der Waals surface area contributed by atoms with Crippen molar-refractivity contribution in [1.82, 2.24) is 0 Å². The first-order valence-corrected chi connectivity index (χ1v) is 9.96. The summed E-state index contributed by atoms with van der Waals surface area (Å²) in [6.07, 6.45) is 0.0238. The Morgan fingerprint density at radius 1 is 1.00 bits per heavy atom. The molecule has 0 aliphatic carbocycles. The van der Waals surface area contributed by atoms with E-state index in [1.807, 2.05) is 42.5 Å². The molecule has 1 saturated heterocycles. The minimum Gasteiger partial charge on any atom is -0.481 e. The predicted octanol–water partition coefficient (Wildman–Crippen LogP) is 4.03. The molecule has 5 nitrogen and oxygen atoms in total. The van der Waals surface area contributed by atoms with Gasteiger partial charge in [0.2, 0.25) is 11.8 Å². The summed E-state index contributed by atoms with van der Waals surface area (Å²) in [6, 6.07) is 17.9. The Bertz CT molecular complexity index is 1280. The molecule has 1 heterocycles. The molecule has 0 bridgehead atoms. The minimum atomic E-state index is -0.994. The Labute approximate surface area is 164 Å². The van der Waals surface area contributed by atoms with Crippen LogP contribution in [-0.4, -0.2) is 33.9 Å². The van der Waals surface area contributed by atoms with Crippen molar-refractivity contribution in [3.63, 3.8) is 0 Å². The lowest BCUT2D eigenvalue weighted by atomic mass is 9.93. The van der Waals surface area contributed by atoms with Crippen LogP contribution in [0.3, 0.4) is 0 Å². The Kier molecular flexibility index (Phi) is 3.77. The van der Waals surface area contributed by atoms with Gasteiger partial charge in [-0.3, -0.25) is 14.4 Å². The number of thioether (sulfide) groups is 1. The highest BCUT2D eigenvalue weighted by atomic mass is 32.2. The molecule has 28 heavy (non-hydrogen) atoms. The summed E-state index contributed by atoms with van der Waals surface area (Å²) in [7, 11) is 0. The van der Waals surface area contributed by atoms with Crippen molar-refractivity contribution >= 4 is 67.6 Å². The van der Waals surface area contributed by atoms with Crippen LogP contribution in [0.15, 0.2) is 54.6 Å². The first-order valence-electron chi connectivity index (χ1n) is 8.91. The average Bonchev–Trinajstić information content (AvgIpc) is 2.97. The van der Waals surface area contributed by atoms with Crippen molar-refractivity contribution in [3.05, 3.63) is 54.6 Å².